The number of hydrogen-bond acceptors (Lipinski definition) is 6. The van der Waals surface area contributed by atoms with Crippen LogP contribution in [0.4, 0.5) is 0 Å². The summed E-state index contributed by atoms with van der Waals surface area (Å²) in [5.74, 6) is 0.591. The number of nitrogens with zero attached hydrogens (tertiary/aromatic N) is 4. The molecule has 2 aromatic heterocycles. The van der Waals surface area contributed by atoms with E-state index in [1.807, 2.05) is 40.7 Å². The number of aromatic nitrogens is 4. The molecule has 0 spiro atoms. The Balaban J connectivity index is 1.89. The molecular formula is C16H24N4O3. The van der Waals surface area contributed by atoms with Crippen molar-refractivity contribution in [3.63, 3.8) is 0 Å². The summed E-state index contributed by atoms with van der Waals surface area (Å²) in [5.41, 5.74) is 1.75. The molecule has 23 heavy (non-hydrogen) atoms. The van der Waals surface area contributed by atoms with Crippen LogP contribution in [0, 0.1) is 13.8 Å². The lowest BCUT2D eigenvalue weighted by atomic mass is 9.96. The highest BCUT2D eigenvalue weighted by molar-refractivity contribution is 5.69. The SMILES string of the molecule is Cc1cc(C)n(CCC(=O)OC(C)c2nc(C(C)(C)C)no2)n1. The third-order valence-electron chi connectivity index (χ3n) is 3.40. The molecular weight excluding hydrogens is 296 g/mol. The van der Waals surface area contributed by atoms with Gasteiger partial charge in [-0.25, -0.2) is 0 Å². The molecule has 0 N–H and O–H groups in total. The van der Waals surface area contributed by atoms with Crippen LogP contribution in [-0.2, 0) is 21.5 Å². The van der Waals surface area contributed by atoms with Crippen LogP contribution in [0.15, 0.2) is 10.6 Å². The van der Waals surface area contributed by atoms with Crippen LogP contribution < -0.4 is 0 Å². The lowest BCUT2D eigenvalue weighted by molar-refractivity contribution is -0.150. The van der Waals surface area contributed by atoms with Crippen molar-refractivity contribution in [1.29, 1.82) is 0 Å². The average Bonchev–Trinajstić information content (AvgIpc) is 3.03. The number of hydrogen-bond donors (Lipinski definition) is 0. The highest BCUT2D eigenvalue weighted by Crippen LogP contribution is 2.22. The maximum absolute atomic E-state index is 12.0. The summed E-state index contributed by atoms with van der Waals surface area (Å²) in [5, 5.41) is 8.25. The Kier molecular flexibility index (Phi) is 4.87. The first kappa shape index (κ1) is 17.2. The van der Waals surface area contributed by atoms with E-state index in [-0.39, 0.29) is 17.8 Å². The molecule has 7 heteroatoms. The van der Waals surface area contributed by atoms with Crippen molar-refractivity contribution in [2.45, 2.75) is 66.0 Å². The number of ether oxygens (including phenoxy) is 1. The maximum Gasteiger partial charge on any atom is 0.308 e. The molecule has 0 aliphatic carbocycles. The molecule has 0 saturated carbocycles. The van der Waals surface area contributed by atoms with E-state index < -0.39 is 6.10 Å². The molecule has 0 radical (unpaired) electrons. The molecule has 2 heterocycles. The second-order valence-electron chi connectivity index (χ2n) is 6.74. The number of esters is 1. The van der Waals surface area contributed by atoms with Crippen molar-refractivity contribution >= 4 is 5.97 Å². The van der Waals surface area contributed by atoms with Gasteiger partial charge in [0.05, 0.1) is 18.7 Å². The summed E-state index contributed by atoms with van der Waals surface area (Å²) < 4.78 is 12.3. The van der Waals surface area contributed by atoms with Gasteiger partial charge in [-0.2, -0.15) is 10.1 Å². The summed E-state index contributed by atoms with van der Waals surface area (Å²) in [6.45, 7) is 12.1. The lowest BCUT2D eigenvalue weighted by Crippen LogP contribution is -2.15. The van der Waals surface area contributed by atoms with Gasteiger partial charge < -0.3 is 9.26 Å². The van der Waals surface area contributed by atoms with Gasteiger partial charge in [0.1, 0.15) is 0 Å². The van der Waals surface area contributed by atoms with Crippen LogP contribution in [0.5, 0.6) is 0 Å². The second kappa shape index (κ2) is 6.52. The molecule has 0 bridgehead atoms. The van der Waals surface area contributed by atoms with Gasteiger partial charge in [-0.3, -0.25) is 9.48 Å². The zero-order valence-electron chi connectivity index (χ0n) is 14.6. The van der Waals surface area contributed by atoms with Crippen LogP contribution in [-0.4, -0.2) is 25.9 Å². The minimum atomic E-state index is -0.563. The molecule has 0 aromatic carbocycles. The minimum absolute atomic E-state index is 0.207. The Bertz CT molecular complexity index is 682. The van der Waals surface area contributed by atoms with Crippen molar-refractivity contribution in [2.75, 3.05) is 0 Å². The van der Waals surface area contributed by atoms with Crippen LogP contribution >= 0.6 is 0 Å². The van der Waals surface area contributed by atoms with Crippen molar-refractivity contribution in [1.82, 2.24) is 19.9 Å². The fraction of sp³-hybridized carbons (Fsp3) is 0.625. The largest absolute Gasteiger partial charge is 0.452 e. The zero-order chi connectivity index (χ0) is 17.2. The Morgan fingerprint density at radius 1 is 1.39 bits per heavy atom. The van der Waals surface area contributed by atoms with E-state index >= 15 is 0 Å². The third kappa shape index (κ3) is 4.40. The van der Waals surface area contributed by atoms with Gasteiger partial charge in [0.15, 0.2) is 11.9 Å². The van der Waals surface area contributed by atoms with Gasteiger partial charge in [-0.05, 0) is 26.8 Å². The Labute approximate surface area is 136 Å². The van der Waals surface area contributed by atoms with E-state index in [1.54, 1.807) is 11.6 Å². The van der Waals surface area contributed by atoms with Gasteiger partial charge in [0.25, 0.3) is 5.89 Å². The fourth-order valence-electron chi connectivity index (χ4n) is 2.11. The van der Waals surface area contributed by atoms with Gasteiger partial charge in [-0.1, -0.05) is 25.9 Å². The monoisotopic (exact) mass is 320 g/mol. The van der Waals surface area contributed by atoms with Crippen molar-refractivity contribution in [3.8, 4) is 0 Å². The predicted molar refractivity (Wildman–Crippen MR) is 83.8 cm³/mol. The molecule has 126 valence electrons. The highest BCUT2D eigenvalue weighted by atomic mass is 16.6. The van der Waals surface area contributed by atoms with E-state index in [1.165, 1.54) is 0 Å². The topological polar surface area (TPSA) is 83.0 Å². The summed E-state index contributed by atoms with van der Waals surface area (Å²) in [4.78, 5) is 16.3. The first-order valence-corrected chi connectivity index (χ1v) is 7.71. The molecule has 2 rings (SSSR count). The zero-order valence-corrected chi connectivity index (χ0v) is 14.6. The first-order valence-electron chi connectivity index (χ1n) is 7.71. The van der Waals surface area contributed by atoms with Crippen molar-refractivity contribution in [3.05, 3.63) is 29.2 Å². The normalized spacial score (nSPS) is 13.1. The minimum Gasteiger partial charge on any atom is -0.452 e. The molecule has 0 amide bonds. The van der Waals surface area contributed by atoms with Gasteiger partial charge in [0.2, 0.25) is 0 Å². The maximum atomic E-state index is 12.0. The summed E-state index contributed by atoms with van der Waals surface area (Å²) in [6.07, 6.45) is -0.321. The second-order valence-corrected chi connectivity index (χ2v) is 6.74. The number of rotatable bonds is 5. The molecule has 0 aliphatic heterocycles. The first-order chi connectivity index (χ1) is 10.7. The summed E-state index contributed by atoms with van der Waals surface area (Å²) >= 11 is 0. The Morgan fingerprint density at radius 3 is 2.61 bits per heavy atom. The van der Waals surface area contributed by atoms with Gasteiger partial charge in [0, 0.05) is 11.1 Å². The molecule has 2 aromatic rings. The van der Waals surface area contributed by atoms with Crippen LogP contribution in [0.1, 0.15) is 63.3 Å². The summed E-state index contributed by atoms with van der Waals surface area (Å²) in [6, 6.07) is 1.97. The van der Waals surface area contributed by atoms with Crippen molar-refractivity contribution in [2.24, 2.45) is 0 Å². The predicted octanol–water partition coefficient (Wildman–Crippen LogP) is 2.87. The van der Waals surface area contributed by atoms with Gasteiger partial charge >= 0.3 is 5.97 Å². The van der Waals surface area contributed by atoms with E-state index in [0.29, 0.717) is 18.3 Å². The van der Waals surface area contributed by atoms with E-state index in [0.717, 1.165) is 11.4 Å². The van der Waals surface area contributed by atoms with E-state index in [4.69, 9.17) is 9.26 Å². The van der Waals surface area contributed by atoms with Crippen LogP contribution in [0.3, 0.4) is 0 Å². The van der Waals surface area contributed by atoms with E-state index in [9.17, 15) is 4.79 Å². The number of carbonyl (C=O) groups excluding carboxylic acids is 1. The van der Waals surface area contributed by atoms with E-state index in [2.05, 4.69) is 15.2 Å². The molecule has 0 saturated heterocycles. The van der Waals surface area contributed by atoms with Crippen LogP contribution in [0.2, 0.25) is 0 Å². The molecule has 1 unspecified atom stereocenters. The molecule has 1 atom stereocenters. The Hall–Kier alpha value is -2.18. The van der Waals surface area contributed by atoms with Gasteiger partial charge in [-0.15, -0.1) is 0 Å². The highest BCUT2D eigenvalue weighted by Gasteiger charge is 2.24. The lowest BCUT2D eigenvalue weighted by Gasteiger charge is -2.12. The molecule has 7 nitrogen and oxygen atoms in total. The average molecular weight is 320 g/mol. The smallest absolute Gasteiger partial charge is 0.308 e. The fourth-order valence-corrected chi connectivity index (χ4v) is 2.11. The summed E-state index contributed by atoms with van der Waals surface area (Å²) in [7, 11) is 0. The third-order valence-corrected chi connectivity index (χ3v) is 3.40. The molecule has 0 fully saturated rings. The Morgan fingerprint density at radius 2 is 2.09 bits per heavy atom. The number of carbonyl (C=O) groups is 1. The standard InChI is InChI=1S/C16H24N4O3/c1-10-9-11(2)20(18-10)8-7-13(21)22-12(3)14-17-15(19-23-14)16(4,5)6/h9,12H,7-8H2,1-6H3. The molecule has 0 aliphatic rings. The number of aryl methyl sites for hydroxylation is 3. The van der Waals surface area contributed by atoms with Crippen LogP contribution in [0.25, 0.3) is 0 Å². The van der Waals surface area contributed by atoms with Crippen molar-refractivity contribution < 1.29 is 14.1 Å². The quantitative estimate of drug-likeness (QED) is 0.788.